The molecule has 0 amide bonds. The average Bonchev–Trinajstić information content (AvgIpc) is 2.59. The van der Waals surface area contributed by atoms with Crippen molar-refractivity contribution in [3.8, 4) is 0 Å². The highest BCUT2D eigenvalue weighted by atomic mass is 15.3. The molecule has 0 saturated carbocycles. The van der Waals surface area contributed by atoms with Crippen LogP contribution in [-0.4, -0.2) is 21.3 Å². The van der Waals surface area contributed by atoms with E-state index in [4.69, 9.17) is 5.73 Å². The third-order valence-corrected chi connectivity index (χ3v) is 2.79. The number of fused-ring (bicyclic) bond motifs is 1. The maximum absolute atomic E-state index is 5.64. The summed E-state index contributed by atoms with van der Waals surface area (Å²) in [5, 5.41) is 8.34. The Morgan fingerprint density at radius 1 is 1.54 bits per heavy atom. The second kappa shape index (κ2) is 3.46. The number of hydrogen-bond donors (Lipinski definition) is 1. The molecule has 4 heteroatoms. The zero-order valence-electron chi connectivity index (χ0n) is 8.03. The van der Waals surface area contributed by atoms with Crippen molar-refractivity contribution in [3.63, 3.8) is 0 Å². The number of aromatic nitrogens is 3. The fraction of sp³-hybridized carbons (Fsp3) is 0.778. The van der Waals surface area contributed by atoms with Crippen molar-refractivity contribution in [2.75, 3.05) is 6.54 Å². The molecule has 2 rings (SSSR count). The van der Waals surface area contributed by atoms with Crippen LogP contribution in [-0.2, 0) is 19.4 Å². The number of nitrogens with two attached hydrogens (primary N) is 1. The van der Waals surface area contributed by atoms with Crippen molar-refractivity contribution < 1.29 is 0 Å². The summed E-state index contributed by atoms with van der Waals surface area (Å²) in [5.74, 6) is 2.85. The van der Waals surface area contributed by atoms with Gasteiger partial charge in [-0.25, -0.2) is 0 Å². The van der Waals surface area contributed by atoms with E-state index in [9.17, 15) is 0 Å². The van der Waals surface area contributed by atoms with Gasteiger partial charge in [0.25, 0.3) is 0 Å². The third-order valence-electron chi connectivity index (χ3n) is 2.79. The van der Waals surface area contributed by atoms with Crippen LogP contribution in [0.5, 0.6) is 0 Å². The molecule has 0 spiro atoms. The summed E-state index contributed by atoms with van der Waals surface area (Å²) < 4.78 is 2.24. The lowest BCUT2D eigenvalue weighted by Crippen LogP contribution is -2.26. The summed E-state index contributed by atoms with van der Waals surface area (Å²) >= 11 is 0. The van der Waals surface area contributed by atoms with Crippen molar-refractivity contribution in [2.24, 2.45) is 11.7 Å². The van der Waals surface area contributed by atoms with E-state index >= 15 is 0 Å². The van der Waals surface area contributed by atoms with Crippen LogP contribution in [0.1, 0.15) is 25.0 Å². The highest BCUT2D eigenvalue weighted by molar-refractivity contribution is 5.00. The van der Waals surface area contributed by atoms with Gasteiger partial charge in [-0.1, -0.05) is 6.92 Å². The maximum Gasteiger partial charge on any atom is 0.133 e. The predicted molar refractivity (Wildman–Crippen MR) is 50.3 cm³/mol. The molecule has 0 fully saturated rings. The molecule has 2 N–H and O–H groups in total. The van der Waals surface area contributed by atoms with Gasteiger partial charge in [0.15, 0.2) is 0 Å². The highest BCUT2D eigenvalue weighted by Gasteiger charge is 2.20. The Morgan fingerprint density at radius 3 is 3.08 bits per heavy atom. The van der Waals surface area contributed by atoms with Gasteiger partial charge >= 0.3 is 0 Å². The summed E-state index contributed by atoms with van der Waals surface area (Å²) in [6, 6.07) is 0. The molecule has 1 atom stereocenters. The van der Waals surface area contributed by atoms with E-state index in [1.54, 1.807) is 0 Å². The van der Waals surface area contributed by atoms with Gasteiger partial charge in [0.05, 0.1) is 0 Å². The van der Waals surface area contributed by atoms with E-state index in [2.05, 4.69) is 21.7 Å². The van der Waals surface area contributed by atoms with E-state index in [0.717, 1.165) is 37.6 Å². The summed E-state index contributed by atoms with van der Waals surface area (Å²) in [4.78, 5) is 0. The van der Waals surface area contributed by atoms with Gasteiger partial charge in [0, 0.05) is 19.4 Å². The van der Waals surface area contributed by atoms with Crippen LogP contribution >= 0.6 is 0 Å². The molecule has 1 aromatic heterocycles. The molecule has 4 nitrogen and oxygen atoms in total. The van der Waals surface area contributed by atoms with Crippen LogP contribution in [0.2, 0.25) is 0 Å². The minimum atomic E-state index is 0.612. The number of nitrogens with zero attached hydrogens (tertiary/aromatic N) is 3. The van der Waals surface area contributed by atoms with Gasteiger partial charge in [0.1, 0.15) is 11.6 Å². The lowest BCUT2D eigenvalue weighted by Gasteiger charge is -2.21. The molecule has 0 aromatic carbocycles. The molecule has 1 aliphatic rings. The SMILES string of the molecule is CCc1nnc2n1CCC(CN)C2. The Kier molecular flexibility index (Phi) is 2.31. The van der Waals surface area contributed by atoms with Gasteiger partial charge in [0.2, 0.25) is 0 Å². The fourth-order valence-corrected chi connectivity index (χ4v) is 1.92. The summed E-state index contributed by atoms with van der Waals surface area (Å²) in [6.45, 7) is 3.94. The smallest absolute Gasteiger partial charge is 0.133 e. The van der Waals surface area contributed by atoms with Gasteiger partial charge < -0.3 is 10.3 Å². The first-order chi connectivity index (χ1) is 6.35. The lowest BCUT2D eigenvalue weighted by atomic mass is 9.98. The Balaban J connectivity index is 2.22. The standard InChI is InChI=1S/C9H16N4/c1-2-8-11-12-9-5-7(6-10)3-4-13(8)9/h7H,2-6,10H2,1H3. The Hall–Kier alpha value is -0.900. The molecular formula is C9H16N4. The molecule has 13 heavy (non-hydrogen) atoms. The molecule has 72 valence electrons. The van der Waals surface area contributed by atoms with E-state index < -0.39 is 0 Å². The quantitative estimate of drug-likeness (QED) is 0.715. The molecule has 0 radical (unpaired) electrons. The molecule has 0 bridgehead atoms. The topological polar surface area (TPSA) is 56.7 Å². The number of aryl methyl sites for hydroxylation is 1. The maximum atomic E-state index is 5.64. The molecule has 0 saturated heterocycles. The van der Waals surface area contributed by atoms with Gasteiger partial charge in [-0.15, -0.1) is 10.2 Å². The zero-order valence-corrected chi connectivity index (χ0v) is 8.03. The summed E-state index contributed by atoms with van der Waals surface area (Å²) in [5.41, 5.74) is 5.64. The third kappa shape index (κ3) is 1.46. The van der Waals surface area contributed by atoms with E-state index in [0.29, 0.717) is 5.92 Å². The molecular weight excluding hydrogens is 164 g/mol. The van der Waals surface area contributed by atoms with Crippen molar-refractivity contribution in [3.05, 3.63) is 11.6 Å². The minimum Gasteiger partial charge on any atom is -0.330 e. The van der Waals surface area contributed by atoms with Gasteiger partial charge in [-0.3, -0.25) is 0 Å². The van der Waals surface area contributed by atoms with Crippen molar-refractivity contribution >= 4 is 0 Å². The van der Waals surface area contributed by atoms with E-state index in [1.807, 2.05) is 0 Å². The molecule has 1 aliphatic heterocycles. The number of rotatable bonds is 2. The number of hydrogen-bond acceptors (Lipinski definition) is 3. The first kappa shape index (κ1) is 8.69. The Bertz CT molecular complexity index is 292. The lowest BCUT2D eigenvalue weighted by molar-refractivity contribution is 0.384. The van der Waals surface area contributed by atoms with Crippen LogP contribution < -0.4 is 5.73 Å². The van der Waals surface area contributed by atoms with Crippen LogP contribution in [0.4, 0.5) is 0 Å². The Labute approximate surface area is 78.1 Å². The second-order valence-corrected chi connectivity index (χ2v) is 3.63. The summed E-state index contributed by atoms with van der Waals surface area (Å²) in [7, 11) is 0. The fourth-order valence-electron chi connectivity index (χ4n) is 1.92. The van der Waals surface area contributed by atoms with Crippen molar-refractivity contribution in [1.29, 1.82) is 0 Å². The van der Waals surface area contributed by atoms with Crippen LogP contribution in [0.15, 0.2) is 0 Å². The van der Waals surface area contributed by atoms with Crippen LogP contribution in [0, 0.1) is 5.92 Å². The normalized spacial score (nSPS) is 21.5. The molecule has 1 unspecified atom stereocenters. The van der Waals surface area contributed by atoms with Crippen LogP contribution in [0.25, 0.3) is 0 Å². The molecule has 2 heterocycles. The zero-order chi connectivity index (χ0) is 9.26. The molecule has 1 aromatic rings. The monoisotopic (exact) mass is 180 g/mol. The largest absolute Gasteiger partial charge is 0.330 e. The van der Waals surface area contributed by atoms with Crippen molar-refractivity contribution in [1.82, 2.24) is 14.8 Å². The van der Waals surface area contributed by atoms with Gasteiger partial charge in [-0.2, -0.15) is 0 Å². The average molecular weight is 180 g/mol. The van der Waals surface area contributed by atoms with Crippen LogP contribution in [0.3, 0.4) is 0 Å². The first-order valence-corrected chi connectivity index (χ1v) is 4.96. The second-order valence-electron chi connectivity index (χ2n) is 3.63. The minimum absolute atomic E-state index is 0.612. The molecule has 0 aliphatic carbocycles. The Morgan fingerprint density at radius 2 is 2.38 bits per heavy atom. The van der Waals surface area contributed by atoms with E-state index in [1.165, 1.54) is 6.42 Å². The highest BCUT2D eigenvalue weighted by Crippen LogP contribution is 2.19. The van der Waals surface area contributed by atoms with Gasteiger partial charge in [-0.05, 0) is 18.9 Å². The predicted octanol–water partition coefficient (Wildman–Crippen LogP) is 0.362. The summed E-state index contributed by atoms with van der Waals surface area (Å²) in [6.07, 6.45) is 3.15. The van der Waals surface area contributed by atoms with Crippen molar-refractivity contribution in [2.45, 2.75) is 32.7 Å². The van der Waals surface area contributed by atoms with E-state index in [-0.39, 0.29) is 0 Å². The first-order valence-electron chi connectivity index (χ1n) is 4.96.